The summed E-state index contributed by atoms with van der Waals surface area (Å²) in [6.45, 7) is 4.48. The first-order chi connectivity index (χ1) is 21.4. The third-order valence-electron chi connectivity index (χ3n) is 7.64. The molecule has 0 amide bonds. The van der Waals surface area contributed by atoms with Crippen LogP contribution < -0.4 is 19.8 Å². The van der Waals surface area contributed by atoms with Gasteiger partial charge >= 0.3 is 11.9 Å². The number of carbonyl (C=O) groups is 1. The molecule has 0 N–H and O–H groups in total. The Morgan fingerprint density at radius 3 is 1.98 bits per heavy atom. The van der Waals surface area contributed by atoms with E-state index in [-0.39, 0.29) is 5.75 Å². The molecular formula is C35H36F2N2O5Si. The van der Waals surface area contributed by atoms with Gasteiger partial charge in [0.15, 0.2) is 12.4 Å². The first-order valence-corrected chi connectivity index (χ1v) is 16.4. The van der Waals surface area contributed by atoms with E-state index in [0.717, 1.165) is 10.4 Å². The van der Waals surface area contributed by atoms with Crippen LogP contribution in [-0.4, -0.2) is 50.3 Å². The second-order valence-corrected chi connectivity index (χ2v) is 16.1. The Hall–Kier alpha value is -4.54. The zero-order valence-electron chi connectivity index (χ0n) is 25.9. The van der Waals surface area contributed by atoms with Crippen LogP contribution in [0.2, 0.25) is 5.04 Å². The summed E-state index contributed by atoms with van der Waals surface area (Å²) in [6, 6.07) is 28.9. The first kappa shape index (κ1) is 31.9. The highest BCUT2D eigenvalue weighted by molar-refractivity contribution is 6.99. The molecular weight excluding hydrogens is 594 g/mol. The minimum Gasteiger partial charge on any atom is -0.487 e. The van der Waals surface area contributed by atoms with Crippen LogP contribution in [-0.2, 0) is 16.2 Å². The molecule has 7 nitrogen and oxygen atoms in total. The van der Waals surface area contributed by atoms with E-state index in [2.05, 4.69) is 5.10 Å². The molecule has 0 unspecified atom stereocenters. The number of rotatable bonds is 11. The molecule has 1 heterocycles. The molecule has 45 heavy (non-hydrogen) atoms. The molecule has 0 aliphatic carbocycles. The highest BCUT2D eigenvalue weighted by Crippen LogP contribution is 2.38. The molecule has 0 bridgehead atoms. The third kappa shape index (κ3) is 6.77. The molecule has 0 spiro atoms. The smallest absolute Gasteiger partial charge is 0.338 e. The average Bonchev–Trinajstić information content (AvgIpc) is 3.41. The number of nitrogens with zero attached hydrogens (tertiary/aromatic N) is 2. The number of carbonyl (C=O) groups excluding carboxylic acids is 1. The number of fused-ring (bicyclic) bond motifs is 1. The second-order valence-electron chi connectivity index (χ2n) is 11.8. The zero-order chi connectivity index (χ0) is 32.2. The van der Waals surface area contributed by atoms with Gasteiger partial charge in [-0.3, -0.25) is 4.68 Å². The molecule has 5 rings (SSSR count). The van der Waals surface area contributed by atoms with Crippen LogP contribution in [0.4, 0.5) is 8.78 Å². The summed E-state index contributed by atoms with van der Waals surface area (Å²) in [6.07, 6.45) is 1.63. The van der Waals surface area contributed by atoms with Gasteiger partial charge in [-0.05, 0) is 51.8 Å². The van der Waals surface area contributed by atoms with Crippen molar-refractivity contribution in [3.05, 3.63) is 109 Å². The lowest BCUT2D eigenvalue weighted by molar-refractivity contribution is -0.0752. The number of aryl methyl sites for hydroxylation is 1. The van der Waals surface area contributed by atoms with Crippen molar-refractivity contribution in [2.45, 2.75) is 31.7 Å². The summed E-state index contributed by atoms with van der Waals surface area (Å²) in [5.41, 5.74) is 0.999. The molecule has 0 aliphatic rings. The van der Waals surface area contributed by atoms with Crippen molar-refractivity contribution in [3.63, 3.8) is 0 Å². The molecule has 0 saturated carbocycles. The highest BCUT2D eigenvalue weighted by atomic mass is 28.4. The molecule has 0 atom stereocenters. The van der Waals surface area contributed by atoms with Crippen LogP contribution in [0.3, 0.4) is 0 Å². The Morgan fingerprint density at radius 2 is 1.42 bits per heavy atom. The molecule has 1 aromatic heterocycles. The Labute approximate surface area is 262 Å². The number of benzene rings is 4. The number of aromatic nitrogens is 2. The monoisotopic (exact) mass is 630 g/mol. The van der Waals surface area contributed by atoms with Crippen molar-refractivity contribution in [1.82, 2.24) is 9.78 Å². The Bertz CT molecular complexity index is 1720. The maximum absolute atomic E-state index is 15.4. The van der Waals surface area contributed by atoms with E-state index in [1.807, 2.05) is 81.4 Å². The summed E-state index contributed by atoms with van der Waals surface area (Å²) in [7, 11) is -0.0606. The molecule has 4 aromatic carbocycles. The van der Waals surface area contributed by atoms with E-state index in [1.54, 1.807) is 54.3 Å². The average molecular weight is 631 g/mol. The number of hydrogen-bond donors (Lipinski definition) is 0. The Morgan fingerprint density at radius 1 is 0.844 bits per heavy atom. The zero-order valence-corrected chi connectivity index (χ0v) is 26.9. The standard InChI is InChI=1S/C35H36F2N2O5Si/c1-34(2,3)45(29-12-8-6-9-13-29,30-14-10-7-11-15-30)43-24-35(36,37)23-42-27-16-18-28(19-17-27)44-31-21-25(33(40)41-5)20-26-22-38-39(4)32(26)31/h6-22H,23-24H2,1-5H3. The fraction of sp³-hybridized carbons (Fsp3) is 0.257. The summed E-state index contributed by atoms with van der Waals surface area (Å²) in [4.78, 5) is 12.2. The number of halogens is 2. The normalized spacial score (nSPS) is 12.2. The Kier molecular flexibility index (Phi) is 9.08. The third-order valence-corrected chi connectivity index (χ3v) is 12.6. The summed E-state index contributed by atoms with van der Waals surface area (Å²) >= 11 is 0. The predicted octanol–water partition coefficient (Wildman–Crippen LogP) is 6.74. The van der Waals surface area contributed by atoms with Crippen molar-refractivity contribution in [2.24, 2.45) is 7.05 Å². The fourth-order valence-electron chi connectivity index (χ4n) is 5.53. The highest BCUT2D eigenvalue weighted by Gasteiger charge is 2.51. The van der Waals surface area contributed by atoms with E-state index < -0.39 is 38.5 Å². The van der Waals surface area contributed by atoms with Crippen molar-refractivity contribution in [1.29, 1.82) is 0 Å². The van der Waals surface area contributed by atoms with E-state index in [1.165, 1.54) is 7.11 Å². The van der Waals surface area contributed by atoms with Gasteiger partial charge in [-0.1, -0.05) is 81.4 Å². The first-order valence-electron chi connectivity index (χ1n) is 14.5. The summed E-state index contributed by atoms with van der Waals surface area (Å²) in [5.74, 6) is -2.69. The lowest BCUT2D eigenvalue weighted by atomic mass is 10.1. The lowest BCUT2D eigenvalue weighted by Gasteiger charge is -2.43. The van der Waals surface area contributed by atoms with Gasteiger partial charge < -0.3 is 18.6 Å². The second kappa shape index (κ2) is 12.8. The van der Waals surface area contributed by atoms with Gasteiger partial charge in [0, 0.05) is 12.4 Å². The van der Waals surface area contributed by atoms with Crippen molar-refractivity contribution in [2.75, 3.05) is 20.3 Å². The topological polar surface area (TPSA) is 71.8 Å². The SMILES string of the molecule is COC(=O)c1cc(Oc2ccc(OCC(F)(F)CO[Si](c3ccccc3)(c3ccccc3)C(C)(C)C)cc2)c2c(cnn2C)c1. The quantitative estimate of drug-likeness (QED) is 0.119. The van der Waals surface area contributed by atoms with Gasteiger partial charge in [0.25, 0.3) is 8.32 Å². The maximum atomic E-state index is 15.4. The fourth-order valence-corrected chi connectivity index (χ4v) is 10.1. The number of hydrogen-bond acceptors (Lipinski definition) is 6. The van der Waals surface area contributed by atoms with Crippen molar-refractivity contribution < 1.29 is 32.2 Å². The van der Waals surface area contributed by atoms with Gasteiger partial charge in [0.1, 0.15) is 23.6 Å². The lowest BCUT2D eigenvalue weighted by Crippen LogP contribution is -2.67. The summed E-state index contributed by atoms with van der Waals surface area (Å²) < 4.78 is 55.4. The predicted molar refractivity (Wildman–Crippen MR) is 173 cm³/mol. The largest absolute Gasteiger partial charge is 0.487 e. The van der Waals surface area contributed by atoms with E-state index in [0.29, 0.717) is 28.0 Å². The van der Waals surface area contributed by atoms with Gasteiger partial charge in [-0.15, -0.1) is 0 Å². The molecule has 5 aromatic rings. The van der Waals surface area contributed by atoms with Crippen LogP contribution in [0.1, 0.15) is 31.1 Å². The van der Waals surface area contributed by atoms with Crippen LogP contribution in [0.5, 0.6) is 17.2 Å². The van der Waals surface area contributed by atoms with Crippen molar-refractivity contribution >= 4 is 35.6 Å². The molecule has 0 fully saturated rings. The van der Waals surface area contributed by atoms with Crippen LogP contribution >= 0.6 is 0 Å². The molecule has 0 radical (unpaired) electrons. The molecule has 10 heteroatoms. The van der Waals surface area contributed by atoms with Crippen LogP contribution in [0.25, 0.3) is 10.9 Å². The number of alkyl halides is 2. The minimum atomic E-state index is -3.26. The number of methoxy groups -OCH3 is 1. The van der Waals surface area contributed by atoms with Gasteiger partial charge in [0.05, 0.1) is 18.9 Å². The van der Waals surface area contributed by atoms with E-state index in [4.69, 9.17) is 18.6 Å². The van der Waals surface area contributed by atoms with E-state index >= 15 is 8.78 Å². The van der Waals surface area contributed by atoms with Gasteiger partial charge in [-0.2, -0.15) is 5.10 Å². The number of ether oxygens (including phenoxy) is 3. The number of esters is 1. The van der Waals surface area contributed by atoms with E-state index in [9.17, 15) is 4.79 Å². The van der Waals surface area contributed by atoms with Crippen LogP contribution in [0.15, 0.2) is 103 Å². The van der Waals surface area contributed by atoms with Crippen LogP contribution in [0, 0.1) is 0 Å². The maximum Gasteiger partial charge on any atom is 0.338 e. The van der Waals surface area contributed by atoms with Gasteiger partial charge in [-0.25, -0.2) is 13.6 Å². The minimum absolute atomic E-state index is 0.251. The van der Waals surface area contributed by atoms with Crippen molar-refractivity contribution in [3.8, 4) is 17.2 Å². The summed E-state index contributed by atoms with van der Waals surface area (Å²) in [5, 5.41) is 6.38. The van der Waals surface area contributed by atoms with Gasteiger partial charge in [0.2, 0.25) is 0 Å². The molecule has 0 saturated heterocycles. The molecule has 234 valence electrons. The Balaban J connectivity index is 1.30. The molecule has 0 aliphatic heterocycles.